The molecule has 154 valence electrons. The summed E-state index contributed by atoms with van der Waals surface area (Å²) in [4.78, 5) is 36.0. The maximum absolute atomic E-state index is 12.5. The summed E-state index contributed by atoms with van der Waals surface area (Å²) in [5, 5.41) is 23.9. The Labute approximate surface area is 168 Å². The van der Waals surface area contributed by atoms with Gasteiger partial charge in [0.1, 0.15) is 18.7 Å². The normalized spacial score (nSPS) is 13.6. The van der Waals surface area contributed by atoms with Crippen LogP contribution in [0.2, 0.25) is 0 Å². The van der Waals surface area contributed by atoms with Gasteiger partial charge in [-0.3, -0.25) is 4.79 Å². The molecule has 8 heteroatoms. The number of aliphatic carboxylic acids is 1. The molecular weight excluding hydrogens is 376 g/mol. The Hall–Kier alpha value is -3.39. The molecule has 3 atom stereocenters. The van der Waals surface area contributed by atoms with Crippen molar-refractivity contribution in [2.45, 2.75) is 38.1 Å². The molecule has 4 N–H and O–H groups in total. The lowest BCUT2D eigenvalue weighted by atomic mass is 10.0. The lowest BCUT2D eigenvalue weighted by Crippen LogP contribution is -2.56. The summed E-state index contributed by atoms with van der Waals surface area (Å²) in [5.41, 5.74) is 1.48. The summed E-state index contributed by atoms with van der Waals surface area (Å²) in [6, 6.07) is 15.2. The number of hydrogen-bond donors (Lipinski definition) is 4. The van der Waals surface area contributed by atoms with E-state index in [0.717, 1.165) is 11.1 Å². The highest BCUT2D eigenvalue weighted by Crippen LogP contribution is 2.05. The molecule has 29 heavy (non-hydrogen) atoms. The van der Waals surface area contributed by atoms with Crippen LogP contribution in [0, 0.1) is 0 Å². The molecule has 0 fully saturated rings. The van der Waals surface area contributed by atoms with E-state index in [9.17, 15) is 24.6 Å². The molecule has 0 saturated carbocycles. The van der Waals surface area contributed by atoms with Gasteiger partial charge in [-0.05, 0) is 18.1 Å². The monoisotopic (exact) mass is 400 g/mol. The fourth-order valence-corrected chi connectivity index (χ4v) is 2.61. The van der Waals surface area contributed by atoms with E-state index >= 15 is 0 Å². The molecule has 0 bridgehead atoms. The zero-order valence-electron chi connectivity index (χ0n) is 15.9. The van der Waals surface area contributed by atoms with E-state index in [1.807, 2.05) is 6.07 Å². The van der Waals surface area contributed by atoms with Crippen molar-refractivity contribution >= 4 is 18.0 Å². The number of alkyl carbamates (subject to hydrolysis) is 1. The smallest absolute Gasteiger partial charge is 0.408 e. The Morgan fingerprint density at radius 2 is 1.48 bits per heavy atom. The van der Waals surface area contributed by atoms with Crippen LogP contribution in [-0.4, -0.2) is 46.4 Å². The van der Waals surface area contributed by atoms with Crippen molar-refractivity contribution in [1.29, 1.82) is 0 Å². The standard InChI is InChI=1S/C21H24N2O6/c1-14(24)18(23-21(28)29-13-16-10-6-3-7-11-16)19(25)22-17(20(26)27)12-15-8-4-2-5-9-15/h2-11,14,17-18,24H,12-13H2,1H3,(H,22,25)(H,23,28)(H,26,27). The van der Waals surface area contributed by atoms with E-state index in [1.165, 1.54) is 6.92 Å². The number of hydrogen-bond acceptors (Lipinski definition) is 5. The van der Waals surface area contributed by atoms with Crippen LogP contribution in [-0.2, 0) is 27.4 Å². The summed E-state index contributed by atoms with van der Waals surface area (Å²) >= 11 is 0. The molecule has 2 aromatic rings. The largest absolute Gasteiger partial charge is 0.480 e. The fraction of sp³-hybridized carbons (Fsp3) is 0.286. The molecule has 8 nitrogen and oxygen atoms in total. The van der Waals surface area contributed by atoms with E-state index < -0.39 is 36.2 Å². The van der Waals surface area contributed by atoms with Crippen molar-refractivity contribution in [2.75, 3.05) is 0 Å². The van der Waals surface area contributed by atoms with Gasteiger partial charge in [-0.15, -0.1) is 0 Å². The number of aliphatic hydroxyl groups is 1. The Balaban J connectivity index is 1.96. The molecule has 0 aliphatic carbocycles. The summed E-state index contributed by atoms with van der Waals surface area (Å²) in [6.07, 6.45) is -2.09. The molecule has 0 radical (unpaired) electrons. The van der Waals surface area contributed by atoms with Gasteiger partial charge in [0, 0.05) is 6.42 Å². The molecule has 0 heterocycles. The molecule has 3 unspecified atom stereocenters. The van der Waals surface area contributed by atoms with Gasteiger partial charge < -0.3 is 25.6 Å². The van der Waals surface area contributed by atoms with E-state index in [0.29, 0.717) is 0 Å². The van der Waals surface area contributed by atoms with Crippen LogP contribution in [0.5, 0.6) is 0 Å². The van der Waals surface area contributed by atoms with Gasteiger partial charge in [0.05, 0.1) is 6.10 Å². The van der Waals surface area contributed by atoms with Crippen LogP contribution >= 0.6 is 0 Å². The number of ether oxygens (including phenoxy) is 1. The van der Waals surface area contributed by atoms with Crippen LogP contribution in [0.15, 0.2) is 60.7 Å². The van der Waals surface area contributed by atoms with Gasteiger partial charge in [-0.2, -0.15) is 0 Å². The van der Waals surface area contributed by atoms with Gasteiger partial charge in [-0.25, -0.2) is 9.59 Å². The average molecular weight is 400 g/mol. The molecule has 2 aromatic carbocycles. The summed E-state index contributed by atoms with van der Waals surface area (Å²) in [7, 11) is 0. The van der Waals surface area contributed by atoms with Crippen molar-refractivity contribution < 1.29 is 29.3 Å². The molecule has 2 rings (SSSR count). The number of nitrogens with one attached hydrogen (secondary N) is 2. The first-order valence-corrected chi connectivity index (χ1v) is 9.09. The number of carboxylic acids is 1. The minimum atomic E-state index is -1.36. The predicted octanol–water partition coefficient (Wildman–Crippen LogP) is 1.47. The summed E-state index contributed by atoms with van der Waals surface area (Å²) in [6.45, 7) is 1.31. The van der Waals surface area contributed by atoms with Crippen molar-refractivity contribution in [3.63, 3.8) is 0 Å². The van der Waals surface area contributed by atoms with E-state index in [2.05, 4.69) is 10.6 Å². The Morgan fingerprint density at radius 3 is 2.00 bits per heavy atom. The number of carbonyl (C=O) groups is 3. The first-order chi connectivity index (χ1) is 13.9. The van der Waals surface area contributed by atoms with Crippen LogP contribution in [0.1, 0.15) is 18.1 Å². The minimum absolute atomic E-state index is 0.00736. The highest BCUT2D eigenvalue weighted by molar-refractivity contribution is 5.89. The molecule has 0 aliphatic rings. The SMILES string of the molecule is CC(O)C(NC(=O)OCc1ccccc1)C(=O)NC(Cc1ccccc1)C(=O)O. The first-order valence-electron chi connectivity index (χ1n) is 9.09. The van der Waals surface area contributed by atoms with Gasteiger partial charge in [0.2, 0.25) is 5.91 Å². The van der Waals surface area contributed by atoms with E-state index in [-0.39, 0.29) is 13.0 Å². The van der Waals surface area contributed by atoms with E-state index in [1.54, 1.807) is 54.6 Å². The first kappa shape index (κ1) is 21.9. The third-order valence-corrected chi connectivity index (χ3v) is 4.15. The van der Waals surface area contributed by atoms with Crippen LogP contribution in [0.4, 0.5) is 4.79 Å². The Bertz CT molecular complexity index is 810. The lowest BCUT2D eigenvalue weighted by Gasteiger charge is -2.23. The number of amides is 2. The second kappa shape index (κ2) is 10.8. The van der Waals surface area contributed by atoms with Gasteiger partial charge >= 0.3 is 12.1 Å². The van der Waals surface area contributed by atoms with Crippen molar-refractivity contribution in [1.82, 2.24) is 10.6 Å². The Morgan fingerprint density at radius 1 is 0.931 bits per heavy atom. The van der Waals surface area contributed by atoms with Gasteiger partial charge in [0.25, 0.3) is 0 Å². The lowest BCUT2D eigenvalue weighted by molar-refractivity contribution is -0.142. The third-order valence-electron chi connectivity index (χ3n) is 4.15. The topological polar surface area (TPSA) is 125 Å². The van der Waals surface area contributed by atoms with Crippen molar-refractivity contribution in [3.8, 4) is 0 Å². The quantitative estimate of drug-likeness (QED) is 0.505. The van der Waals surface area contributed by atoms with Gasteiger partial charge in [0.15, 0.2) is 0 Å². The molecular formula is C21H24N2O6. The minimum Gasteiger partial charge on any atom is -0.480 e. The predicted molar refractivity (Wildman–Crippen MR) is 105 cm³/mol. The fourth-order valence-electron chi connectivity index (χ4n) is 2.61. The number of carbonyl (C=O) groups excluding carboxylic acids is 2. The second-order valence-electron chi connectivity index (χ2n) is 6.51. The van der Waals surface area contributed by atoms with Crippen LogP contribution in [0.3, 0.4) is 0 Å². The van der Waals surface area contributed by atoms with E-state index in [4.69, 9.17) is 4.74 Å². The Kier molecular flexibility index (Phi) is 8.17. The molecule has 0 saturated heterocycles. The molecule has 0 aromatic heterocycles. The zero-order valence-corrected chi connectivity index (χ0v) is 15.9. The molecule has 0 aliphatic heterocycles. The summed E-state index contributed by atoms with van der Waals surface area (Å²) in [5.74, 6) is -2.04. The maximum Gasteiger partial charge on any atom is 0.408 e. The zero-order chi connectivity index (χ0) is 21.2. The highest BCUT2D eigenvalue weighted by Gasteiger charge is 2.30. The third kappa shape index (κ3) is 7.27. The average Bonchev–Trinajstić information content (AvgIpc) is 2.71. The molecule has 0 spiro atoms. The number of benzene rings is 2. The highest BCUT2D eigenvalue weighted by atomic mass is 16.5. The number of carboxylic acid groups (broad SMARTS) is 1. The van der Waals surface area contributed by atoms with Crippen LogP contribution < -0.4 is 10.6 Å². The molecule has 2 amide bonds. The maximum atomic E-state index is 12.5. The van der Waals surface area contributed by atoms with Crippen molar-refractivity contribution in [3.05, 3.63) is 71.8 Å². The number of aliphatic hydroxyl groups excluding tert-OH is 1. The summed E-state index contributed by atoms with van der Waals surface area (Å²) < 4.78 is 5.05. The van der Waals surface area contributed by atoms with Crippen molar-refractivity contribution in [2.24, 2.45) is 0 Å². The second-order valence-corrected chi connectivity index (χ2v) is 6.51. The van der Waals surface area contributed by atoms with Gasteiger partial charge in [-0.1, -0.05) is 60.7 Å². The number of rotatable bonds is 9. The van der Waals surface area contributed by atoms with Crippen LogP contribution in [0.25, 0.3) is 0 Å².